The lowest BCUT2D eigenvalue weighted by Crippen LogP contribution is -2.05. The first kappa shape index (κ1) is 19.3. The Morgan fingerprint density at radius 3 is 2.60 bits per heavy atom. The van der Waals surface area contributed by atoms with Gasteiger partial charge in [0.2, 0.25) is 11.6 Å². The molecule has 0 amide bonds. The molecule has 0 unspecified atom stereocenters. The van der Waals surface area contributed by atoms with E-state index in [0.717, 1.165) is 17.7 Å². The number of benzene rings is 2. The van der Waals surface area contributed by atoms with E-state index in [9.17, 15) is 5.26 Å². The summed E-state index contributed by atoms with van der Waals surface area (Å²) in [6.07, 6.45) is 0.808. The standard InChI is InChI=1S/C24H21N3O3/c1-17-7-5-6-10-21(17)28-16-19-11-12-22(29-19)24-27-20(15-25)23(30-24)26-14-13-18-8-3-2-4-9-18/h2-12,26H,13-14,16H2,1H3. The molecule has 0 aliphatic heterocycles. The van der Waals surface area contributed by atoms with Gasteiger partial charge in [-0.1, -0.05) is 48.5 Å². The van der Waals surface area contributed by atoms with Crippen molar-refractivity contribution in [1.82, 2.24) is 4.98 Å². The Morgan fingerprint density at radius 1 is 1.00 bits per heavy atom. The number of aryl methyl sites for hydroxylation is 1. The van der Waals surface area contributed by atoms with Crippen molar-refractivity contribution < 1.29 is 13.6 Å². The summed E-state index contributed by atoms with van der Waals surface area (Å²) in [6, 6.07) is 23.5. The number of hydrogen-bond donors (Lipinski definition) is 1. The number of nitrogens with zero attached hydrogens (tertiary/aromatic N) is 2. The Labute approximate surface area is 174 Å². The second-order valence-electron chi connectivity index (χ2n) is 6.79. The molecule has 0 radical (unpaired) electrons. The van der Waals surface area contributed by atoms with Crippen molar-refractivity contribution in [2.24, 2.45) is 0 Å². The molecule has 6 heteroatoms. The molecule has 4 rings (SSSR count). The van der Waals surface area contributed by atoms with Crippen LogP contribution in [0.15, 0.2) is 75.6 Å². The lowest BCUT2D eigenvalue weighted by molar-refractivity contribution is 0.269. The maximum atomic E-state index is 9.37. The van der Waals surface area contributed by atoms with Gasteiger partial charge in [-0.2, -0.15) is 10.2 Å². The Hall–Kier alpha value is -3.98. The van der Waals surface area contributed by atoms with E-state index in [2.05, 4.69) is 28.5 Å². The fourth-order valence-electron chi connectivity index (χ4n) is 3.02. The van der Waals surface area contributed by atoms with Crippen LogP contribution in [0.4, 0.5) is 5.88 Å². The van der Waals surface area contributed by atoms with E-state index in [1.807, 2.05) is 55.5 Å². The molecule has 0 saturated heterocycles. The first-order chi connectivity index (χ1) is 14.7. The summed E-state index contributed by atoms with van der Waals surface area (Å²) in [4.78, 5) is 4.25. The summed E-state index contributed by atoms with van der Waals surface area (Å²) in [7, 11) is 0. The van der Waals surface area contributed by atoms with E-state index in [1.165, 1.54) is 5.56 Å². The molecule has 0 atom stereocenters. The van der Waals surface area contributed by atoms with Crippen LogP contribution in [0, 0.1) is 18.3 Å². The maximum Gasteiger partial charge on any atom is 0.266 e. The molecule has 2 heterocycles. The van der Waals surface area contributed by atoms with E-state index < -0.39 is 0 Å². The Balaban J connectivity index is 1.40. The van der Waals surface area contributed by atoms with Crippen molar-refractivity contribution in [1.29, 1.82) is 5.26 Å². The van der Waals surface area contributed by atoms with Gasteiger partial charge in [0.25, 0.3) is 5.89 Å². The molecule has 150 valence electrons. The average Bonchev–Trinajstić information content (AvgIpc) is 3.41. The summed E-state index contributed by atoms with van der Waals surface area (Å²) < 4.78 is 17.4. The Bertz CT molecular complexity index is 1160. The average molecular weight is 399 g/mol. The van der Waals surface area contributed by atoms with Gasteiger partial charge in [-0.3, -0.25) is 0 Å². The van der Waals surface area contributed by atoms with Gasteiger partial charge < -0.3 is 18.9 Å². The number of para-hydroxylation sites is 1. The number of ether oxygens (including phenoxy) is 1. The molecule has 0 fully saturated rings. The molecule has 1 N–H and O–H groups in total. The van der Waals surface area contributed by atoms with E-state index in [0.29, 0.717) is 30.6 Å². The van der Waals surface area contributed by atoms with Gasteiger partial charge >= 0.3 is 0 Å². The van der Waals surface area contributed by atoms with Gasteiger partial charge in [-0.15, -0.1) is 0 Å². The molecular weight excluding hydrogens is 378 g/mol. The minimum absolute atomic E-state index is 0.201. The Morgan fingerprint density at radius 2 is 1.80 bits per heavy atom. The van der Waals surface area contributed by atoms with Crippen LogP contribution in [-0.2, 0) is 13.0 Å². The monoisotopic (exact) mass is 399 g/mol. The molecule has 2 aromatic heterocycles. The largest absolute Gasteiger partial charge is 0.485 e. The fraction of sp³-hybridized carbons (Fsp3) is 0.167. The number of nitriles is 1. The van der Waals surface area contributed by atoms with E-state index >= 15 is 0 Å². The van der Waals surface area contributed by atoms with Crippen LogP contribution in [0.3, 0.4) is 0 Å². The van der Waals surface area contributed by atoms with E-state index in [4.69, 9.17) is 13.6 Å². The normalized spacial score (nSPS) is 10.5. The van der Waals surface area contributed by atoms with Gasteiger partial charge in [0, 0.05) is 6.54 Å². The number of rotatable bonds is 8. The highest BCUT2D eigenvalue weighted by atomic mass is 16.5. The first-order valence-electron chi connectivity index (χ1n) is 9.69. The van der Waals surface area contributed by atoms with Crippen LogP contribution in [-0.4, -0.2) is 11.5 Å². The third-order valence-electron chi connectivity index (χ3n) is 4.61. The van der Waals surface area contributed by atoms with Crippen molar-refractivity contribution >= 4 is 5.88 Å². The smallest absolute Gasteiger partial charge is 0.266 e. The number of anilines is 1. The number of oxazole rings is 1. The number of aromatic nitrogens is 1. The van der Waals surface area contributed by atoms with Crippen LogP contribution < -0.4 is 10.1 Å². The van der Waals surface area contributed by atoms with Crippen LogP contribution >= 0.6 is 0 Å². The predicted octanol–water partition coefficient (Wildman–Crippen LogP) is 5.35. The molecule has 6 nitrogen and oxygen atoms in total. The zero-order chi connectivity index (χ0) is 20.8. The molecule has 0 bridgehead atoms. The zero-order valence-electron chi connectivity index (χ0n) is 16.6. The SMILES string of the molecule is Cc1ccccc1OCc1ccc(-c2nc(C#N)c(NCCc3ccccc3)o2)o1. The molecule has 0 aliphatic carbocycles. The van der Waals surface area contributed by atoms with Gasteiger partial charge in [-0.25, -0.2) is 0 Å². The fourth-order valence-corrected chi connectivity index (χ4v) is 3.02. The summed E-state index contributed by atoms with van der Waals surface area (Å²) in [6.45, 7) is 2.91. The molecular formula is C24H21N3O3. The lowest BCUT2D eigenvalue weighted by Gasteiger charge is -2.06. The van der Waals surface area contributed by atoms with E-state index in [1.54, 1.807) is 6.07 Å². The zero-order valence-corrected chi connectivity index (χ0v) is 16.6. The van der Waals surface area contributed by atoms with Crippen molar-refractivity contribution in [3.05, 3.63) is 89.3 Å². The van der Waals surface area contributed by atoms with Crippen LogP contribution in [0.1, 0.15) is 22.6 Å². The molecule has 0 saturated carbocycles. The topological polar surface area (TPSA) is 84.2 Å². The lowest BCUT2D eigenvalue weighted by atomic mass is 10.1. The van der Waals surface area contributed by atoms with Crippen molar-refractivity contribution in [2.45, 2.75) is 20.0 Å². The molecule has 0 spiro atoms. The minimum atomic E-state index is 0.201. The van der Waals surface area contributed by atoms with Gasteiger partial charge in [-0.05, 0) is 42.7 Å². The summed E-state index contributed by atoms with van der Waals surface area (Å²) in [5, 5.41) is 12.5. The summed E-state index contributed by atoms with van der Waals surface area (Å²) in [5.74, 6) is 2.51. The van der Waals surface area contributed by atoms with Gasteiger partial charge in [0.05, 0.1) is 0 Å². The van der Waals surface area contributed by atoms with Crippen molar-refractivity contribution in [2.75, 3.05) is 11.9 Å². The molecule has 2 aromatic carbocycles. The Kier molecular flexibility index (Phi) is 5.81. The van der Waals surface area contributed by atoms with Crippen LogP contribution in [0.25, 0.3) is 11.7 Å². The first-order valence-corrected chi connectivity index (χ1v) is 9.69. The number of hydrogen-bond acceptors (Lipinski definition) is 6. The quantitative estimate of drug-likeness (QED) is 0.430. The second kappa shape index (κ2) is 9.01. The molecule has 4 aromatic rings. The third kappa shape index (κ3) is 4.53. The van der Waals surface area contributed by atoms with Gasteiger partial charge in [0.15, 0.2) is 5.76 Å². The van der Waals surface area contributed by atoms with Crippen molar-refractivity contribution in [3.63, 3.8) is 0 Å². The van der Waals surface area contributed by atoms with Gasteiger partial charge in [0.1, 0.15) is 24.2 Å². The highest BCUT2D eigenvalue weighted by Crippen LogP contribution is 2.27. The molecule has 30 heavy (non-hydrogen) atoms. The van der Waals surface area contributed by atoms with Crippen LogP contribution in [0.2, 0.25) is 0 Å². The summed E-state index contributed by atoms with van der Waals surface area (Å²) >= 11 is 0. The number of furan rings is 1. The van der Waals surface area contributed by atoms with Crippen molar-refractivity contribution in [3.8, 4) is 23.5 Å². The number of nitrogens with one attached hydrogen (secondary N) is 1. The molecule has 0 aliphatic rings. The highest BCUT2D eigenvalue weighted by Gasteiger charge is 2.17. The predicted molar refractivity (Wildman–Crippen MR) is 113 cm³/mol. The maximum absolute atomic E-state index is 9.37. The van der Waals surface area contributed by atoms with Crippen LogP contribution in [0.5, 0.6) is 5.75 Å². The van der Waals surface area contributed by atoms with E-state index in [-0.39, 0.29) is 11.6 Å². The minimum Gasteiger partial charge on any atom is -0.485 e. The highest BCUT2D eigenvalue weighted by molar-refractivity contribution is 5.54. The second-order valence-corrected chi connectivity index (χ2v) is 6.79. The summed E-state index contributed by atoms with van der Waals surface area (Å²) in [5.41, 5.74) is 2.46. The third-order valence-corrected chi connectivity index (χ3v) is 4.61.